The summed E-state index contributed by atoms with van der Waals surface area (Å²) in [6.45, 7) is 0. The molecule has 2 heterocycles. The van der Waals surface area contributed by atoms with Gasteiger partial charge in [-0.3, -0.25) is 0 Å². The van der Waals surface area contributed by atoms with Gasteiger partial charge in [-0.05, 0) is 101 Å². The Labute approximate surface area is 327 Å². The molecular weight excluding hydrogens is 691 g/mol. The van der Waals surface area contributed by atoms with Crippen molar-refractivity contribution in [3.8, 4) is 28.3 Å². The Morgan fingerprint density at radius 2 is 0.877 bits per heavy atom. The number of benzene rings is 11. The number of fused-ring (bicyclic) bond motifs is 12. The third-order valence-electron chi connectivity index (χ3n) is 12.3. The van der Waals surface area contributed by atoms with E-state index in [1.807, 2.05) is 6.07 Å². The minimum atomic E-state index is 0.728. The molecule has 0 radical (unpaired) electrons. The van der Waals surface area contributed by atoms with Gasteiger partial charge in [0.15, 0.2) is 5.82 Å². The fraction of sp³-hybridized carbons (Fsp3) is 0. The van der Waals surface area contributed by atoms with Crippen LogP contribution in [0.15, 0.2) is 188 Å². The smallest absolute Gasteiger partial charge is 0.160 e. The molecule has 0 spiro atoms. The summed E-state index contributed by atoms with van der Waals surface area (Å²) >= 11 is 0. The zero-order valence-electron chi connectivity index (χ0n) is 30.7. The van der Waals surface area contributed by atoms with Gasteiger partial charge in [0.05, 0.1) is 22.2 Å². The van der Waals surface area contributed by atoms with Crippen molar-refractivity contribution in [3.63, 3.8) is 0 Å². The van der Waals surface area contributed by atoms with E-state index in [9.17, 15) is 0 Å². The summed E-state index contributed by atoms with van der Waals surface area (Å²) in [6, 6.07) is 68.4. The molecule has 13 rings (SSSR count). The van der Waals surface area contributed by atoms with Crippen molar-refractivity contribution in [2.45, 2.75) is 0 Å². The highest BCUT2D eigenvalue weighted by Gasteiger charge is 2.22. The van der Waals surface area contributed by atoms with E-state index >= 15 is 0 Å². The Balaban J connectivity index is 1.09. The van der Waals surface area contributed by atoms with Gasteiger partial charge in [0.2, 0.25) is 0 Å². The molecule has 0 atom stereocenters. The van der Waals surface area contributed by atoms with Crippen LogP contribution in [0.1, 0.15) is 0 Å². The van der Waals surface area contributed by atoms with Gasteiger partial charge in [0, 0.05) is 33.0 Å². The average molecular weight is 722 g/mol. The lowest BCUT2D eigenvalue weighted by atomic mass is 9.90. The fourth-order valence-electron chi connectivity index (χ4n) is 9.85. The standard InChI is InChI=1S/C54H31N3/c1-2-12-33(13-3-1)53-43-18-8-9-21-47(43)55-54(56-53)34-25-24-32-26-28-42-41-19-10-22-48-51(41)52-44(50(42)45(32)30-34)20-11-23-49(52)57(48)35-27-29-40-38-16-5-4-14-36(38)37-15-6-7-17-39(37)46(40)31-35/h1-31H. The van der Waals surface area contributed by atoms with Crippen molar-refractivity contribution >= 4 is 97.3 Å². The van der Waals surface area contributed by atoms with Gasteiger partial charge in [-0.15, -0.1) is 0 Å². The first-order valence-electron chi connectivity index (χ1n) is 19.6. The van der Waals surface area contributed by atoms with E-state index in [0.29, 0.717) is 0 Å². The Morgan fingerprint density at radius 1 is 0.316 bits per heavy atom. The minimum absolute atomic E-state index is 0.728. The van der Waals surface area contributed by atoms with E-state index in [2.05, 4.69) is 187 Å². The average Bonchev–Trinajstić information content (AvgIpc) is 3.63. The first kappa shape index (κ1) is 30.7. The molecule has 3 heteroatoms. The molecule has 0 aliphatic rings. The van der Waals surface area contributed by atoms with E-state index in [1.165, 1.54) is 86.4 Å². The topological polar surface area (TPSA) is 30.7 Å². The second-order valence-corrected chi connectivity index (χ2v) is 15.3. The molecule has 0 amide bonds. The third-order valence-corrected chi connectivity index (χ3v) is 12.3. The summed E-state index contributed by atoms with van der Waals surface area (Å²) in [5.41, 5.74) is 7.57. The zero-order chi connectivity index (χ0) is 37.2. The molecule has 57 heavy (non-hydrogen) atoms. The van der Waals surface area contributed by atoms with Crippen LogP contribution in [0.3, 0.4) is 0 Å². The van der Waals surface area contributed by atoms with Crippen molar-refractivity contribution in [2.24, 2.45) is 0 Å². The largest absolute Gasteiger partial charge is 0.309 e. The molecule has 0 aliphatic carbocycles. The molecule has 0 unspecified atom stereocenters. The maximum Gasteiger partial charge on any atom is 0.160 e. The summed E-state index contributed by atoms with van der Waals surface area (Å²) in [5, 5.41) is 18.8. The Kier molecular flexibility index (Phi) is 6.16. The molecule has 11 aromatic carbocycles. The number of nitrogens with zero attached hydrogens (tertiary/aromatic N) is 3. The van der Waals surface area contributed by atoms with Gasteiger partial charge < -0.3 is 4.57 Å². The van der Waals surface area contributed by atoms with Gasteiger partial charge in [0.25, 0.3) is 0 Å². The quantitative estimate of drug-likeness (QED) is 0.170. The van der Waals surface area contributed by atoms with Crippen LogP contribution in [0.25, 0.3) is 126 Å². The SMILES string of the molecule is c1ccc(-c2nc(-c3ccc4ccc5c6cccc7c6c6c(cccc6n7-c6ccc7c8ccccc8c8ccccc8c7c6)c5c4c3)nc3ccccc23)cc1. The summed E-state index contributed by atoms with van der Waals surface area (Å²) in [4.78, 5) is 10.4. The van der Waals surface area contributed by atoms with Crippen LogP contribution in [-0.4, -0.2) is 14.5 Å². The lowest BCUT2D eigenvalue weighted by Crippen LogP contribution is -1.95. The zero-order valence-corrected chi connectivity index (χ0v) is 30.7. The van der Waals surface area contributed by atoms with E-state index in [1.54, 1.807) is 0 Å². The molecular formula is C54H31N3. The van der Waals surface area contributed by atoms with E-state index in [0.717, 1.165) is 39.2 Å². The number of hydrogen-bond acceptors (Lipinski definition) is 2. The van der Waals surface area contributed by atoms with Gasteiger partial charge >= 0.3 is 0 Å². The summed E-state index contributed by atoms with van der Waals surface area (Å²) in [6.07, 6.45) is 0. The van der Waals surface area contributed by atoms with Crippen LogP contribution in [0.5, 0.6) is 0 Å². The molecule has 0 aliphatic heterocycles. The van der Waals surface area contributed by atoms with Gasteiger partial charge in [0.1, 0.15) is 0 Å². The van der Waals surface area contributed by atoms with Crippen LogP contribution in [0.2, 0.25) is 0 Å². The summed E-state index contributed by atoms with van der Waals surface area (Å²) < 4.78 is 2.48. The Morgan fingerprint density at radius 3 is 1.63 bits per heavy atom. The van der Waals surface area contributed by atoms with Crippen molar-refractivity contribution in [3.05, 3.63) is 188 Å². The van der Waals surface area contributed by atoms with Gasteiger partial charge in [-0.2, -0.15) is 0 Å². The summed E-state index contributed by atoms with van der Waals surface area (Å²) in [5.74, 6) is 0.728. The Hall–Kier alpha value is -7.62. The summed E-state index contributed by atoms with van der Waals surface area (Å²) in [7, 11) is 0. The first-order chi connectivity index (χ1) is 28.3. The van der Waals surface area contributed by atoms with Crippen LogP contribution < -0.4 is 0 Å². The van der Waals surface area contributed by atoms with Gasteiger partial charge in [-0.1, -0.05) is 152 Å². The second-order valence-electron chi connectivity index (χ2n) is 15.3. The number of para-hydroxylation sites is 1. The number of rotatable bonds is 3. The molecule has 0 saturated heterocycles. The van der Waals surface area contributed by atoms with Crippen molar-refractivity contribution in [2.75, 3.05) is 0 Å². The van der Waals surface area contributed by atoms with Crippen molar-refractivity contribution < 1.29 is 0 Å². The molecule has 3 nitrogen and oxygen atoms in total. The molecule has 2 aromatic heterocycles. The van der Waals surface area contributed by atoms with E-state index in [-0.39, 0.29) is 0 Å². The lowest BCUT2D eigenvalue weighted by molar-refractivity contribution is 1.19. The van der Waals surface area contributed by atoms with Crippen LogP contribution >= 0.6 is 0 Å². The normalized spacial score (nSPS) is 12.2. The second kappa shape index (κ2) is 11.5. The highest BCUT2D eigenvalue weighted by Crippen LogP contribution is 2.46. The molecule has 0 bridgehead atoms. The fourth-order valence-corrected chi connectivity index (χ4v) is 9.85. The van der Waals surface area contributed by atoms with Gasteiger partial charge in [-0.25, -0.2) is 9.97 Å². The highest BCUT2D eigenvalue weighted by atomic mass is 15.0. The maximum absolute atomic E-state index is 5.25. The Bertz CT molecular complexity index is 3770. The monoisotopic (exact) mass is 721 g/mol. The highest BCUT2D eigenvalue weighted by molar-refractivity contribution is 6.38. The molecule has 0 fully saturated rings. The van der Waals surface area contributed by atoms with E-state index < -0.39 is 0 Å². The predicted molar refractivity (Wildman–Crippen MR) is 241 cm³/mol. The minimum Gasteiger partial charge on any atom is -0.309 e. The molecule has 0 saturated carbocycles. The molecule has 0 N–H and O–H groups in total. The number of aromatic nitrogens is 3. The first-order valence-corrected chi connectivity index (χ1v) is 19.6. The third kappa shape index (κ3) is 4.26. The van der Waals surface area contributed by atoms with Crippen molar-refractivity contribution in [1.82, 2.24) is 14.5 Å². The predicted octanol–water partition coefficient (Wildman–Crippen LogP) is 14.4. The van der Waals surface area contributed by atoms with E-state index in [4.69, 9.17) is 9.97 Å². The van der Waals surface area contributed by atoms with Crippen LogP contribution in [-0.2, 0) is 0 Å². The molecule has 13 aromatic rings. The van der Waals surface area contributed by atoms with Crippen LogP contribution in [0.4, 0.5) is 0 Å². The molecule has 262 valence electrons. The lowest BCUT2D eigenvalue weighted by Gasteiger charge is -2.13. The van der Waals surface area contributed by atoms with Crippen molar-refractivity contribution in [1.29, 1.82) is 0 Å². The number of hydrogen-bond donors (Lipinski definition) is 0. The van der Waals surface area contributed by atoms with Crippen LogP contribution in [0, 0.1) is 0 Å². The maximum atomic E-state index is 5.25.